The molecule has 0 saturated heterocycles. The van der Waals surface area contributed by atoms with E-state index in [0.717, 1.165) is 24.7 Å². The fourth-order valence-electron chi connectivity index (χ4n) is 4.40. The molecule has 2 fully saturated rings. The van der Waals surface area contributed by atoms with Crippen LogP contribution in [-0.4, -0.2) is 17.8 Å². The lowest BCUT2D eigenvalue weighted by atomic mass is 9.65. The van der Waals surface area contributed by atoms with Crippen LogP contribution in [0.15, 0.2) is 0 Å². The molecule has 5 atom stereocenters. The molecule has 0 heterocycles. The Labute approximate surface area is 112 Å². The summed E-state index contributed by atoms with van der Waals surface area (Å²) in [7, 11) is 0. The smallest absolute Gasteiger partial charge is 0.0608 e. The molecule has 18 heavy (non-hydrogen) atoms. The van der Waals surface area contributed by atoms with Gasteiger partial charge in [-0.05, 0) is 55.9 Å². The van der Waals surface area contributed by atoms with Gasteiger partial charge in [0.25, 0.3) is 0 Å². The monoisotopic (exact) mass is 253 g/mol. The van der Waals surface area contributed by atoms with Gasteiger partial charge in [-0.25, -0.2) is 0 Å². The number of fused-ring (bicyclic) bond motifs is 1. The van der Waals surface area contributed by atoms with Crippen molar-refractivity contribution in [1.82, 2.24) is 0 Å². The highest BCUT2D eigenvalue weighted by Crippen LogP contribution is 2.44. The first-order valence-electron chi connectivity index (χ1n) is 8.14. The van der Waals surface area contributed by atoms with Gasteiger partial charge in [-0.15, -0.1) is 0 Å². The van der Waals surface area contributed by atoms with Crippen molar-refractivity contribution in [2.75, 3.05) is 6.54 Å². The van der Waals surface area contributed by atoms with Crippen molar-refractivity contribution < 1.29 is 5.11 Å². The molecule has 0 radical (unpaired) electrons. The molecule has 2 aliphatic carbocycles. The van der Waals surface area contributed by atoms with Crippen LogP contribution in [0.1, 0.15) is 64.7 Å². The molecule has 5 unspecified atom stereocenters. The summed E-state index contributed by atoms with van der Waals surface area (Å²) in [6, 6.07) is 0. The second kappa shape index (κ2) is 6.91. The van der Waals surface area contributed by atoms with Crippen molar-refractivity contribution in [3.05, 3.63) is 0 Å². The molecule has 2 heteroatoms. The first-order valence-corrected chi connectivity index (χ1v) is 8.14. The van der Waals surface area contributed by atoms with Crippen molar-refractivity contribution in [3.8, 4) is 0 Å². The normalized spacial score (nSPS) is 35.8. The lowest BCUT2D eigenvalue weighted by Crippen LogP contribution is -2.39. The van der Waals surface area contributed by atoms with E-state index >= 15 is 0 Å². The largest absolute Gasteiger partial charge is 0.393 e. The summed E-state index contributed by atoms with van der Waals surface area (Å²) in [6.07, 6.45) is 11.7. The van der Waals surface area contributed by atoms with E-state index in [4.69, 9.17) is 5.73 Å². The summed E-state index contributed by atoms with van der Waals surface area (Å²) in [6.45, 7) is 2.84. The average molecular weight is 253 g/mol. The zero-order valence-electron chi connectivity index (χ0n) is 12.0. The molecule has 0 aromatic rings. The molecule has 2 saturated carbocycles. The first kappa shape index (κ1) is 14.3. The molecule has 0 aromatic heterocycles. The van der Waals surface area contributed by atoms with Gasteiger partial charge in [0, 0.05) is 0 Å². The Morgan fingerprint density at radius 1 is 1.11 bits per heavy atom. The van der Waals surface area contributed by atoms with Crippen molar-refractivity contribution in [3.63, 3.8) is 0 Å². The molecule has 3 N–H and O–H groups in total. The van der Waals surface area contributed by atoms with Crippen molar-refractivity contribution in [1.29, 1.82) is 0 Å². The van der Waals surface area contributed by atoms with Gasteiger partial charge < -0.3 is 10.8 Å². The standard InChI is InChI=1S/C16H31NO/c1-2-5-15(11-17)16(18)14-9-8-12-6-3-4-7-13(12)10-14/h12-16,18H,2-11,17H2,1H3. The number of aliphatic hydroxyl groups is 1. The van der Waals surface area contributed by atoms with Gasteiger partial charge in [-0.2, -0.15) is 0 Å². The predicted molar refractivity (Wildman–Crippen MR) is 76.2 cm³/mol. The fraction of sp³-hybridized carbons (Fsp3) is 1.00. The Morgan fingerprint density at radius 3 is 2.50 bits per heavy atom. The van der Waals surface area contributed by atoms with E-state index in [-0.39, 0.29) is 6.10 Å². The first-order chi connectivity index (χ1) is 8.76. The Morgan fingerprint density at radius 2 is 1.83 bits per heavy atom. The third kappa shape index (κ3) is 3.27. The minimum absolute atomic E-state index is 0.141. The lowest BCUT2D eigenvalue weighted by Gasteiger charge is -2.42. The number of hydrogen-bond acceptors (Lipinski definition) is 2. The topological polar surface area (TPSA) is 46.2 Å². The van der Waals surface area contributed by atoms with Crippen molar-refractivity contribution in [2.45, 2.75) is 70.8 Å². The summed E-state index contributed by atoms with van der Waals surface area (Å²) in [5, 5.41) is 10.6. The van der Waals surface area contributed by atoms with Crippen LogP contribution in [-0.2, 0) is 0 Å². The van der Waals surface area contributed by atoms with Crippen LogP contribution < -0.4 is 5.73 Å². The molecule has 0 spiro atoms. The van der Waals surface area contributed by atoms with Gasteiger partial charge in [-0.1, -0.05) is 39.0 Å². The van der Waals surface area contributed by atoms with Gasteiger partial charge in [0.1, 0.15) is 0 Å². The second-order valence-electron chi connectivity index (χ2n) is 6.65. The predicted octanol–water partition coefficient (Wildman–Crippen LogP) is 3.33. The maximum Gasteiger partial charge on any atom is 0.0608 e. The van der Waals surface area contributed by atoms with Crippen molar-refractivity contribution >= 4 is 0 Å². The summed E-state index contributed by atoms with van der Waals surface area (Å²) in [5.41, 5.74) is 5.84. The molecule has 0 amide bonds. The zero-order chi connectivity index (χ0) is 13.0. The second-order valence-corrected chi connectivity index (χ2v) is 6.65. The molecule has 2 aliphatic rings. The lowest BCUT2D eigenvalue weighted by molar-refractivity contribution is 0.000717. The van der Waals surface area contributed by atoms with Crippen LogP contribution in [0.4, 0.5) is 0 Å². The van der Waals surface area contributed by atoms with E-state index < -0.39 is 0 Å². The molecule has 0 aromatic carbocycles. The quantitative estimate of drug-likeness (QED) is 0.789. The third-order valence-corrected chi connectivity index (χ3v) is 5.51. The average Bonchev–Trinajstić information content (AvgIpc) is 2.43. The molecule has 0 bridgehead atoms. The molecule has 2 rings (SSSR count). The Bertz CT molecular complexity index is 243. The number of nitrogens with two attached hydrogens (primary N) is 1. The van der Waals surface area contributed by atoms with Crippen LogP contribution in [0.25, 0.3) is 0 Å². The highest BCUT2D eigenvalue weighted by atomic mass is 16.3. The minimum Gasteiger partial charge on any atom is -0.393 e. The van der Waals surface area contributed by atoms with Gasteiger partial charge in [0.15, 0.2) is 0 Å². The van der Waals surface area contributed by atoms with E-state index in [2.05, 4.69) is 6.92 Å². The summed E-state index contributed by atoms with van der Waals surface area (Å²) < 4.78 is 0. The van der Waals surface area contributed by atoms with E-state index in [1.807, 2.05) is 0 Å². The summed E-state index contributed by atoms with van der Waals surface area (Å²) in [4.78, 5) is 0. The molecular weight excluding hydrogens is 222 g/mol. The molecular formula is C16H31NO. The summed E-state index contributed by atoms with van der Waals surface area (Å²) >= 11 is 0. The Balaban J connectivity index is 1.88. The molecule has 0 aliphatic heterocycles. The Hall–Kier alpha value is -0.0800. The van der Waals surface area contributed by atoms with Crippen LogP contribution in [0.2, 0.25) is 0 Å². The van der Waals surface area contributed by atoms with Crippen LogP contribution >= 0.6 is 0 Å². The van der Waals surface area contributed by atoms with E-state index in [0.29, 0.717) is 18.4 Å². The maximum atomic E-state index is 10.6. The highest BCUT2D eigenvalue weighted by Gasteiger charge is 2.36. The molecule has 106 valence electrons. The Kier molecular flexibility index (Phi) is 5.50. The van der Waals surface area contributed by atoms with Crippen LogP contribution in [0, 0.1) is 23.7 Å². The maximum absolute atomic E-state index is 10.6. The number of hydrogen-bond donors (Lipinski definition) is 2. The van der Waals surface area contributed by atoms with E-state index in [1.54, 1.807) is 0 Å². The minimum atomic E-state index is -0.141. The van der Waals surface area contributed by atoms with Gasteiger partial charge in [0.2, 0.25) is 0 Å². The van der Waals surface area contributed by atoms with Gasteiger partial charge >= 0.3 is 0 Å². The van der Waals surface area contributed by atoms with Gasteiger partial charge in [0.05, 0.1) is 6.10 Å². The fourth-order valence-corrected chi connectivity index (χ4v) is 4.40. The summed E-state index contributed by atoms with van der Waals surface area (Å²) in [5.74, 6) is 2.75. The van der Waals surface area contributed by atoms with Crippen LogP contribution in [0.3, 0.4) is 0 Å². The van der Waals surface area contributed by atoms with Crippen LogP contribution in [0.5, 0.6) is 0 Å². The van der Waals surface area contributed by atoms with E-state index in [9.17, 15) is 5.11 Å². The molecule has 2 nitrogen and oxygen atoms in total. The SMILES string of the molecule is CCCC(CN)C(O)C1CCC2CCCCC2C1. The highest BCUT2D eigenvalue weighted by molar-refractivity contribution is 4.87. The number of rotatable bonds is 5. The van der Waals surface area contributed by atoms with E-state index in [1.165, 1.54) is 44.9 Å². The third-order valence-electron chi connectivity index (χ3n) is 5.51. The van der Waals surface area contributed by atoms with Gasteiger partial charge in [-0.3, -0.25) is 0 Å². The van der Waals surface area contributed by atoms with Crippen molar-refractivity contribution in [2.24, 2.45) is 29.4 Å². The zero-order valence-corrected chi connectivity index (χ0v) is 12.0. The number of aliphatic hydroxyl groups excluding tert-OH is 1.